The average molecular weight is 203 g/mol. The Morgan fingerprint density at radius 2 is 2.00 bits per heavy atom. The molecule has 0 radical (unpaired) electrons. The zero-order chi connectivity index (χ0) is 10.4. The highest BCUT2D eigenvalue weighted by Gasteiger charge is 2.13. The first kappa shape index (κ1) is 11.8. The van der Waals surface area contributed by atoms with Crippen molar-refractivity contribution in [2.45, 2.75) is 25.3 Å². The Hall–Kier alpha value is -1.21. The molecule has 0 aliphatic carbocycles. The Morgan fingerprint density at radius 1 is 1.46 bits per heavy atom. The van der Waals surface area contributed by atoms with E-state index < -0.39 is 23.4 Å². The second-order valence-electron chi connectivity index (χ2n) is 2.47. The number of carbonyl (C=O) groups is 2. The number of imide groups is 1. The number of halogens is 1. The van der Waals surface area contributed by atoms with Crippen LogP contribution in [0.2, 0.25) is 0 Å². The first-order valence-corrected chi connectivity index (χ1v) is 4.12. The van der Waals surface area contributed by atoms with Gasteiger partial charge in [0.05, 0.1) is 6.04 Å². The Labute approximate surface area is 82.0 Å². The van der Waals surface area contributed by atoms with E-state index in [4.69, 9.17) is 18.0 Å². The summed E-state index contributed by atoms with van der Waals surface area (Å²) in [7, 11) is 0. The summed E-state index contributed by atoms with van der Waals surface area (Å²) in [6, 6.07) is -1.05. The van der Waals surface area contributed by atoms with Crippen LogP contribution in [0.3, 0.4) is 0 Å². The smallest absolute Gasteiger partial charge is 0.322 e. The molecule has 3 amide bonds. The molecule has 5 heteroatoms. The van der Waals surface area contributed by atoms with Gasteiger partial charge in [-0.1, -0.05) is 5.92 Å². The van der Waals surface area contributed by atoms with Crippen LogP contribution >= 0.6 is 11.6 Å². The summed E-state index contributed by atoms with van der Waals surface area (Å²) in [6.45, 7) is 3.09. The molecule has 4 nitrogen and oxygen atoms in total. The molecule has 2 N–H and O–H groups in total. The van der Waals surface area contributed by atoms with Crippen LogP contribution < -0.4 is 10.6 Å². The number of carbonyl (C=O) groups excluding carboxylic acids is 2. The van der Waals surface area contributed by atoms with Gasteiger partial charge in [-0.15, -0.1) is 18.0 Å². The Bertz CT molecular complexity index is 245. The van der Waals surface area contributed by atoms with Crippen LogP contribution in [-0.2, 0) is 4.79 Å². The fourth-order valence-corrected chi connectivity index (χ4v) is 0.540. The third kappa shape index (κ3) is 5.10. The van der Waals surface area contributed by atoms with Gasteiger partial charge in [0.2, 0.25) is 5.91 Å². The molecular formula is C8H11ClN2O2. The van der Waals surface area contributed by atoms with E-state index in [1.807, 2.05) is 5.32 Å². The summed E-state index contributed by atoms with van der Waals surface area (Å²) >= 11 is 5.41. The molecule has 0 spiro atoms. The van der Waals surface area contributed by atoms with Crippen LogP contribution in [0.5, 0.6) is 0 Å². The number of alkyl halides is 1. The lowest BCUT2D eigenvalue weighted by molar-refractivity contribution is -0.119. The quantitative estimate of drug-likeness (QED) is 0.505. The van der Waals surface area contributed by atoms with Gasteiger partial charge in [-0.25, -0.2) is 4.79 Å². The molecule has 0 saturated carbocycles. The Balaban J connectivity index is 3.90. The van der Waals surface area contributed by atoms with Gasteiger partial charge >= 0.3 is 6.03 Å². The van der Waals surface area contributed by atoms with Crippen LogP contribution in [0.25, 0.3) is 0 Å². The Morgan fingerprint density at radius 3 is 2.38 bits per heavy atom. The van der Waals surface area contributed by atoms with Crippen LogP contribution in [0.4, 0.5) is 4.79 Å². The van der Waals surface area contributed by atoms with E-state index in [-0.39, 0.29) is 0 Å². The van der Waals surface area contributed by atoms with Crippen LogP contribution in [0.1, 0.15) is 13.8 Å². The number of nitrogens with one attached hydrogen (secondary N) is 2. The van der Waals surface area contributed by atoms with Crippen molar-refractivity contribution < 1.29 is 9.59 Å². The minimum atomic E-state index is -0.744. The van der Waals surface area contributed by atoms with Gasteiger partial charge in [0.25, 0.3) is 0 Å². The third-order valence-electron chi connectivity index (χ3n) is 1.20. The molecule has 0 aromatic rings. The number of urea groups is 1. The maximum atomic E-state index is 10.9. The molecule has 2 atom stereocenters. The maximum absolute atomic E-state index is 10.9. The highest BCUT2D eigenvalue weighted by molar-refractivity contribution is 6.31. The molecule has 0 aliphatic heterocycles. The van der Waals surface area contributed by atoms with E-state index in [1.54, 1.807) is 6.92 Å². The predicted molar refractivity (Wildman–Crippen MR) is 50.3 cm³/mol. The normalized spacial score (nSPS) is 13.7. The van der Waals surface area contributed by atoms with Crippen molar-refractivity contribution in [3.8, 4) is 12.3 Å². The van der Waals surface area contributed by atoms with E-state index in [0.29, 0.717) is 0 Å². The molecule has 0 heterocycles. The van der Waals surface area contributed by atoms with Gasteiger partial charge in [0, 0.05) is 0 Å². The number of terminal acetylenes is 1. The van der Waals surface area contributed by atoms with Crippen molar-refractivity contribution in [1.29, 1.82) is 0 Å². The van der Waals surface area contributed by atoms with Crippen LogP contribution in [0, 0.1) is 12.3 Å². The summed E-state index contributed by atoms with van der Waals surface area (Å²) < 4.78 is 0. The zero-order valence-corrected chi connectivity index (χ0v) is 8.18. The summed E-state index contributed by atoms with van der Waals surface area (Å²) in [4.78, 5) is 21.8. The topological polar surface area (TPSA) is 58.2 Å². The lowest BCUT2D eigenvalue weighted by atomic mass is 10.4. The zero-order valence-electron chi connectivity index (χ0n) is 7.43. The largest absolute Gasteiger partial charge is 0.324 e. The minimum Gasteiger partial charge on any atom is -0.324 e. The maximum Gasteiger partial charge on any atom is 0.322 e. The first-order chi connectivity index (χ1) is 5.97. The SMILES string of the molecule is C#CC(C)NC(=O)NC(=O)C(C)Cl. The monoisotopic (exact) mass is 202 g/mol. The second-order valence-corrected chi connectivity index (χ2v) is 3.12. The van der Waals surface area contributed by atoms with Crippen molar-refractivity contribution in [3.05, 3.63) is 0 Å². The number of hydrogen-bond acceptors (Lipinski definition) is 2. The summed E-state index contributed by atoms with van der Waals surface area (Å²) in [5.74, 6) is 1.73. The van der Waals surface area contributed by atoms with E-state index in [2.05, 4.69) is 11.2 Å². The molecule has 13 heavy (non-hydrogen) atoms. The van der Waals surface area contributed by atoms with E-state index in [1.165, 1.54) is 6.92 Å². The summed E-state index contributed by atoms with van der Waals surface area (Å²) in [5, 5.41) is 3.63. The lowest BCUT2D eigenvalue weighted by Crippen LogP contribution is -2.45. The molecule has 0 saturated heterocycles. The number of rotatable bonds is 2. The van der Waals surface area contributed by atoms with Crippen molar-refractivity contribution in [3.63, 3.8) is 0 Å². The molecule has 2 unspecified atom stereocenters. The van der Waals surface area contributed by atoms with E-state index >= 15 is 0 Å². The summed E-state index contributed by atoms with van der Waals surface area (Å²) in [6.07, 6.45) is 5.01. The first-order valence-electron chi connectivity index (χ1n) is 3.69. The van der Waals surface area contributed by atoms with Crippen molar-refractivity contribution in [2.75, 3.05) is 0 Å². The standard InChI is InChI=1S/C8H11ClN2O2/c1-4-5(2)10-8(13)11-7(12)6(3)9/h1,5-6H,2-3H3,(H2,10,11,12,13). The van der Waals surface area contributed by atoms with Gasteiger partial charge in [0.1, 0.15) is 5.38 Å². The molecule has 0 aromatic carbocycles. The lowest BCUT2D eigenvalue weighted by Gasteiger charge is -2.08. The van der Waals surface area contributed by atoms with E-state index in [0.717, 1.165) is 0 Å². The third-order valence-corrected chi connectivity index (χ3v) is 1.39. The number of amides is 3. The van der Waals surface area contributed by atoms with Crippen LogP contribution in [-0.4, -0.2) is 23.4 Å². The molecule has 0 aliphatic rings. The molecule has 0 bridgehead atoms. The van der Waals surface area contributed by atoms with Crippen molar-refractivity contribution >= 4 is 23.5 Å². The molecular weight excluding hydrogens is 192 g/mol. The fraction of sp³-hybridized carbons (Fsp3) is 0.500. The predicted octanol–water partition coefficient (Wildman–Crippen LogP) is 0.461. The Kier molecular flexibility index (Phi) is 4.93. The fourth-order valence-electron chi connectivity index (χ4n) is 0.486. The molecule has 0 aromatic heterocycles. The second kappa shape index (κ2) is 5.44. The molecule has 0 fully saturated rings. The van der Waals surface area contributed by atoms with Gasteiger partial charge in [-0.2, -0.15) is 0 Å². The van der Waals surface area contributed by atoms with Gasteiger partial charge in [-0.3, -0.25) is 10.1 Å². The number of hydrogen-bond donors (Lipinski definition) is 2. The highest BCUT2D eigenvalue weighted by Crippen LogP contribution is 1.91. The molecule has 0 rings (SSSR count). The van der Waals surface area contributed by atoms with Crippen molar-refractivity contribution in [1.82, 2.24) is 10.6 Å². The summed E-state index contributed by atoms with van der Waals surface area (Å²) in [5.41, 5.74) is 0. The molecule has 72 valence electrons. The van der Waals surface area contributed by atoms with Gasteiger partial charge < -0.3 is 5.32 Å². The van der Waals surface area contributed by atoms with Gasteiger partial charge in [0.15, 0.2) is 0 Å². The van der Waals surface area contributed by atoms with Crippen molar-refractivity contribution in [2.24, 2.45) is 0 Å². The van der Waals surface area contributed by atoms with Gasteiger partial charge in [-0.05, 0) is 13.8 Å². The minimum absolute atomic E-state index is 0.418. The van der Waals surface area contributed by atoms with Crippen LogP contribution in [0.15, 0.2) is 0 Å². The average Bonchev–Trinajstić information content (AvgIpc) is 2.03. The highest BCUT2D eigenvalue weighted by atomic mass is 35.5. The van der Waals surface area contributed by atoms with E-state index in [9.17, 15) is 9.59 Å².